The molecule has 1 heterocycles. The van der Waals surface area contributed by atoms with Crippen molar-refractivity contribution in [3.8, 4) is 0 Å². The van der Waals surface area contributed by atoms with Gasteiger partial charge >= 0.3 is 0 Å². The van der Waals surface area contributed by atoms with Gasteiger partial charge in [0.2, 0.25) is 0 Å². The Bertz CT molecular complexity index is 543. The second-order valence-corrected chi connectivity index (χ2v) is 7.41. The largest absolute Gasteiger partial charge is 0.383 e. The van der Waals surface area contributed by atoms with Crippen LogP contribution in [0.2, 0.25) is 0 Å². The maximum Gasteiger partial charge on any atom is 0.172 e. The lowest BCUT2D eigenvalue weighted by Gasteiger charge is -2.56. The Morgan fingerprint density at radius 1 is 1.15 bits per heavy atom. The van der Waals surface area contributed by atoms with E-state index in [9.17, 15) is 4.79 Å². The first-order chi connectivity index (χ1) is 9.56. The number of aryl methyl sites for hydroxylation is 1. The lowest BCUT2D eigenvalue weighted by atomic mass is 9.48. The van der Waals surface area contributed by atoms with E-state index in [1.165, 1.54) is 19.3 Å². The molecule has 1 aromatic rings. The number of carbonyl (C=O) groups excluding carboxylic acids is 1. The monoisotopic (exact) mass is 270 g/mol. The van der Waals surface area contributed by atoms with Crippen molar-refractivity contribution in [3.63, 3.8) is 0 Å². The van der Waals surface area contributed by atoms with Gasteiger partial charge in [0.15, 0.2) is 5.78 Å². The van der Waals surface area contributed by atoms with Gasteiger partial charge in [0, 0.05) is 11.1 Å². The van der Waals surface area contributed by atoms with Crippen molar-refractivity contribution in [2.24, 2.45) is 23.2 Å². The predicted molar refractivity (Wildman–Crippen MR) is 78.3 cm³/mol. The number of nitrogen functional groups attached to an aromatic ring is 1. The van der Waals surface area contributed by atoms with Gasteiger partial charge in [0.1, 0.15) is 5.82 Å². The average molecular weight is 270 g/mol. The number of aromatic nitrogens is 1. The second kappa shape index (κ2) is 4.06. The maximum atomic E-state index is 13.1. The number of nitrogens with two attached hydrogens (primary N) is 1. The third-order valence-corrected chi connectivity index (χ3v) is 5.83. The summed E-state index contributed by atoms with van der Waals surface area (Å²) >= 11 is 0. The molecule has 3 heteroatoms. The standard InChI is InChI=1S/C17H22N2O/c1-10-2-3-14(16(18)19-10)15(20)17-7-11-4-12(8-17)6-13(5-11)9-17/h2-3,11-13H,4-9H2,1H3,(H2,18,19). The maximum absolute atomic E-state index is 13.1. The molecular formula is C17H22N2O. The van der Waals surface area contributed by atoms with Crippen molar-refractivity contribution >= 4 is 11.6 Å². The molecule has 2 N–H and O–H groups in total. The quantitative estimate of drug-likeness (QED) is 0.838. The number of rotatable bonds is 2. The number of carbonyl (C=O) groups is 1. The smallest absolute Gasteiger partial charge is 0.172 e. The third-order valence-electron chi connectivity index (χ3n) is 5.83. The van der Waals surface area contributed by atoms with Crippen LogP contribution in [-0.2, 0) is 0 Å². The predicted octanol–water partition coefficient (Wildman–Crippen LogP) is 3.37. The van der Waals surface area contributed by atoms with Gasteiger partial charge in [-0.25, -0.2) is 4.98 Å². The van der Waals surface area contributed by atoms with E-state index < -0.39 is 0 Å². The van der Waals surface area contributed by atoms with E-state index in [4.69, 9.17) is 5.73 Å². The van der Waals surface area contributed by atoms with Crippen LogP contribution in [0.15, 0.2) is 12.1 Å². The first-order valence-corrected chi connectivity index (χ1v) is 7.84. The first kappa shape index (κ1) is 12.4. The fraction of sp³-hybridized carbons (Fsp3) is 0.647. The highest BCUT2D eigenvalue weighted by atomic mass is 16.1. The molecule has 20 heavy (non-hydrogen) atoms. The Balaban J connectivity index is 1.71. The van der Waals surface area contributed by atoms with E-state index in [-0.39, 0.29) is 11.2 Å². The van der Waals surface area contributed by atoms with Gasteiger partial charge in [0.25, 0.3) is 0 Å². The molecule has 0 aromatic carbocycles. The Hall–Kier alpha value is -1.38. The van der Waals surface area contributed by atoms with Gasteiger partial charge in [0.05, 0.1) is 5.56 Å². The lowest BCUT2D eigenvalue weighted by molar-refractivity contribution is -0.0352. The summed E-state index contributed by atoms with van der Waals surface area (Å²) in [6.45, 7) is 1.91. The van der Waals surface area contributed by atoms with E-state index >= 15 is 0 Å². The number of hydrogen-bond acceptors (Lipinski definition) is 3. The van der Waals surface area contributed by atoms with Crippen LogP contribution >= 0.6 is 0 Å². The average Bonchev–Trinajstić information content (AvgIpc) is 2.36. The summed E-state index contributed by atoms with van der Waals surface area (Å²) in [5.41, 5.74) is 7.44. The van der Waals surface area contributed by atoms with Crippen LogP contribution in [0.1, 0.15) is 54.6 Å². The van der Waals surface area contributed by atoms with Crippen molar-refractivity contribution in [2.75, 3.05) is 5.73 Å². The molecule has 4 aliphatic rings. The fourth-order valence-electron chi connectivity index (χ4n) is 5.44. The summed E-state index contributed by atoms with van der Waals surface area (Å²) in [4.78, 5) is 17.4. The Kier molecular flexibility index (Phi) is 2.51. The van der Waals surface area contributed by atoms with E-state index in [1.807, 2.05) is 19.1 Å². The zero-order valence-corrected chi connectivity index (χ0v) is 12.1. The van der Waals surface area contributed by atoms with Crippen molar-refractivity contribution in [1.29, 1.82) is 0 Å². The SMILES string of the molecule is Cc1ccc(C(=O)C23CC4CC(CC(C4)C2)C3)c(N)n1. The zero-order chi connectivity index (χ0) is 13.9. The lowest BCUT2D eigenvalue weighted by Crippen LogP contribution is -2.50. The van der Waals surface area contributed by atoms with Crippen LogP contribution < -0.4 is 5.73 Å². The molecule has 106 valence electrons. The molecule has 4 bridgehead atoms. The van der Waals surface area contributed by atoms with E-state index in [0.29, 0.717) is 11.4 Å². The molecule has 0 unspecified atom stereocenters. The number of anilines is 1. The molecule has 0 amide bonds. The van der Waals surface area contributed by atoms with Crippen molar-refractivity contribution in [2.45, 2.75) is 45.4 Å². The van der Waals surface area contributed by atoms with Crippen molar-refractivity contribution in [1.82, 2.24) is 4.98 Å². The molecule has 4 aliphatic carbocycles. The minimum atomic E-state index is -0.111. The molecule has 1 aromatic heterocycles. The van der Waals surface area contributed by atoms with Gasteiger partial charge < -0.3 is 5.73 Å². The van der Waals surface area contributed by atoms with Gasteiger partial charge in [-0.2, -0.15) is 0 Å². The minimum absolute atomic E-state index is 0.111. The minimum Gasteiger partial charge on any atom is -0.383 e. The molecule has 0 atom stereocenters. The summed E-state index contributed by atoms with van der Waals surface area (Å²) in [5, 5.41) is 0. The molecule has 0 spiro atoms. The Morgan fingerprint density at radius 2 is 1.70 bits per heavy atom. The highest BCUT2D eigenvalue weighted by Crippen LogP contribution is 2.61. The van der Waals surface area contributed by atoms with Crippen LogP contribution in [0, 0.1) is 30.1 Å². The summed E-state index contributed by atoms with van der Waals surface area (Å²) in [6, 6.07) is 3.79. The normalized spacial score (nSPS) is 38.1. The van der Waals surface area contributed by atoms with Crippen LogP contribution in [0.5, 0.6) is 0 Å². The summed E-state index contributed by atoms with van der Waals surface area (Å²) in [7, 11) is 0. The summed E-state index contributed by atoms with van der Waals surface area (Å²) in [6.07, 6.45) is 7.33. The van der Waals surface area contributed by atoms with Crippen molar-refractivity contribution < 1.29 is 4.79 Å². The molecule has 0 saturated heterocycles. The molecule has 0 radical (unpaired) electrons. The van der Waals surface area contributed by atoms with Crippen molar-refractivity contribution in [3.05, 3.63) is 23.4 Å². The van der Waals surface area contributed by atoms with Gasteiger partial charge in [-0.3, -0.25) is 4.79 Å². The third kappa shape index (κ3) is 1.72. The molecular weight excluding hydrogens is 248 g/mol. The number of ketones is 1. The van der Waals surface area contributed by atoms with E-state index in [1.54, 1.807) is 0 Å². The zero-order valence-electron chi connectivity index (χ0n) is 12.1. The van der Waals surface area contributed by atoms with Gasteiger partial charge in [-0.1, -0.05) is 0 Å². The molecule has 4 saturated carbocycles. The number of nitrogens with zero attached hydrogens (tertiary/aromatic N) is 1. The number of pyridine rings is 1. The first-order valence-electron chi connectivity index (χ1n) is 7.84. The van der Waals surface area contributed by atoms with Gasteiger partial charge in [-0.05, 0) is 75.3 Å². The summed E-state index contributed by atoms with van der Waals surface area (Å²) in [5.74, 6) is 3.05. The van der Waals surface area contributed by atoms with Crippen LogP contribution in [-0.4, -0.2) is 10.8 Å². The highest BCUT2D eigenvalue weighted by molar-refractivity contribution is 6.04. The Morgan fingerprint density at radius 3 is 2.20 bits per heavy atom. The van der Waals surface area contributed by atoms with Gasteiger partial charge in [-0.15, -0.1) is 0 Å². The highest BCUT2D eigenvalue weighted by Gasteiger charge is 2.54. The second-order valence-electron chi connectivity index (χ2n) is 7.41. The molecule has 5 rings (SSSR count). The molecule has 3 nitrogen and oxygen atoms in total. The molecule has 0 aliphatic heterocycles. The number of Topliss-reactive ketones (excluding diaryl/α,β-unsaturated/α-hetero) is 1. The number of hydrogen-bond donors (Lipinski definition) is 1. The van der Waals surface area contributed by atoms with E-state index in [0.717, 1.165) is 42.7 Å². The molecule has 4 fully saturated rings. The van der Waals surface area contributed by atoms with Crippen LogP contribution in [0.25, 0.3) is 0 Å². The fourth-order valence-corrected chi connectivity index (χ4v) is 5.44. The van der Waals surface area contributed by atoms with Crippen LogP contribution in [0.3, 0.4) is 0 Å². The summed E-state index contributed by atoms with van der Waals surface area (Å²) < 4.78 is 0. The van der Waals surface area contributed by atoms with Crippen LogP contribution in [0.4, 0.5) is 5.82 Å². The Labute approximate surface area is 120 Å². The topological polar surface area (TPSA) is 56.0 Å². The van der Waals surface area contributed by atoms with E-state index in [2.05, 4.69) is 4.98 Å².